The number of benzene rings is 3. The van der Waals surface area contributed by atoms with E-state index in [1.807, 2.05) is 84.0 Å². The molecule has 7 rings (SSSR count). The lowest BCUT2D eigenvalue weighted by Crippen LogP contribution is -2.62. The molecule has 0 spiro atoms. The Morgan fingerprint density at radius 1 is 0.614 bits per heavy atom. The Morgan fingerprint density at radius 3 is 1.60 bits per heavy atom. The van der Waals surface area contributed by atoms with Gasteiger partial charge in [-0.2, -0.15) is 0 Å². The molecule has 70 heavy (non-hydrogen) atoms. The maximum atomic E-state index is 15.0. The van der Waals surface area contributed by atoms with E-state index in [4.69, 9.17) is 4.74 Å². The van der Waals surface area contributed by atoms with Gasteiger partial charge in [0.15, 0.2) is 0 Å². The number of carbonyl (C=O) groups excluding carboxylic acids is 6. The van der Waals surface area contributed by atoms with Gasteiger partial charge in [0, 0.05) is 19.4 Å². The smallest absolute Gasteiger partial charge is 0.246 e. The average molecular weight is 961 g/mol. The third-order valence-electron chi connectivity index (χ3n) is 14.9. The average Bonchev–Trinajstić information content (AvgIpc) is 3.76. The molecule has 9 unspecified atom stereocenters. The SMILES string of the molecule is CNC(C)C(=O)NC(C(=O)N1Cc2cc(OC3CC(C(=O)NC4CCCc5ccccc54)N(C(=O)C(NC(=O)C(C)NC)C(C)(C)C)C3)ccc2CC1C(=O)NC1CCCc2ccccc21)C(C)(C)C. The predicted octanol–water partition coefficient (Wildman–Crippen LogP) is 4.95. The highest BCUT2D eigenvalue weighted by atomic mass is 16.5. The number of likely N-dealkylation sites (N-methyl/N-ethyl adjacent to an activating group) is 2. The van der Waals surface area contributed by atoms with Crippen molar-refractivity contribution in [3.63, 3.8) is 0 Å². The minimum absolute atomic E-state index is 0.0793. The Kier molecular flexibility index (Phi) is 16.1. The fourth-order valence-corrected chi connectivity index (χ4v) is 10.4. The first-order valence-electron chi connectivity index (χ1n) is 25.3. The molecule has 4 aliphatic rings. The number of nitrogens with one attached hydrogen (secondary N) is 6. The summed E-state index contributed by atoms with van der Waals surface area (Å²) < 4.78 is 6.73. The van der Waals surface area contributed by atoms with Crippen molar-refractivity contribution in [1.82, 2.24) is 41.7 Å². The number of carbonyl (C=O) groups is 6. The number of fused-ring (bicyclic) bond motifs is 3. The Balaban J connectivity index is 1.17. The van der Waals surface area contributed by atoms with Gasteiger partial charge in [0.1, 0.15) is 36.0 Å². The number of amides is 6. The van der Waals surface area contributed by atoms with E-state index in [0.717, 1.165) is 60.8 Å². The van der Waals surface area contributed by atoms with Gasteiger partial charge in [-0.1, -0.05) is 96.1 Å². The molecule has 0 radical (unpaired) electrons. The zero-order valence-corrected chi connectivity index (χ0v) is 42.9. The highest BCUT2D eigenvalue weighted by Gasteiger charge is 2.47. The molecule has 0 aromatic heterocycles. The lowest BCUT2D eigenvalue weighted by molar-refractivity contribution is -0.147. The zero-order valence-electron chi connectivity index (χ0n) is 42.9. The van der Waals surface area contributed by atoms with Gasteiger partial charge < -0.3 is 46.4 Å². The highest BCUT2D eigenvalue weighted by molar-refractivity contribution is 5.95. The van der Waals surface area contributed by atoms with Crippen LogP contribution in [0, 0.1) is 10.8 Å². The van der Waals surface area contributed by atoms with Crippen LogP contribution in [-0.4, -0.2) is 108 Å². The van der Waals surface area contributed by atoms with Gasteiger partial charge in [-0.3, -0.25) is 28.8 Å². The molecule has 6 N–H and O–H groups in total. The van der Waals surface area contributed by atoms with Crippen LogP contribution in [0.2, 0.25) is 0 Å². The zero-order chi connectivity index (χ0) is 50.7. The minimum Gasteiger partial charge on any atom is -0.488 e. The predicted molar refractivity (Wildman–Crippen MR) is 269 cm³/mol. The van der Waals surface area contributed by atoms with Crippen LogP contribution in [0.5, 0.6) is 5.75 Å². The van der Waals surface area contributed by atoms with Crippen LogP contribution in [-0.2, 0) is 54.6 Å². The van der Waals surface area contributed by atoms with Crippen molar-refractivity contribution in [2.45, 2.75) is 168 Å². The van der Waals surface area contributed by atoms with Gasteiger partial charge in [-0.05, 0) is 123 Å². The van der Waals surface area contributed by atoms with Gasteiger partial charge in [0.05, 0.1) is 30.7 Å². The van der Waals surface area contributed by atoms with Gasteiger partial charge in [-0.15, -0.1) is 0 Å². The van der Waals surface area contributed by atoms with Gasteiger partial charge in [0.25, 0.3) is 0 Å². The summed E-state index contributed by atoms with van der Waals surface area (Å²) in [5.41, 5.74) is 4.84. The van der Waals surface area contributed by atoms with E-state index < -0.39 is 53.2 Å². The first-order valence-corrected chi connectivity index (χ1v) is 25.3. The van der Waals surface area contributed by atoms with E-state index in [2.05, 4.69) is 56.2 Å². The number of hydrogen-bond donors (Lipinski definition) is 6. The van der Waals surface area contributed by atoms with E-state index in [9.17, 15) is 24.0 Å². The summed E-state index contributed by atoms with van der Waals surface area (Å²) in [5, 5.41) is 18.5. The van der Waals surface area contributed by atoms with Gasteiger partial charge >= 0.3 is 0 Å². The second kappa shape index (κ2) is 21.7. The molecule has 1 fully saturated rings. The molecular weight excluding hydrogens is 885 g/mol. The summed E-state index contributed by atoms with van der Waals surface area (Å²) >= 11 is 0. The van der Waals surface area contributed by atoms with Crippen LogP contribution in [0.25, 0.3) is 0 Å². The van der Waals surface area contributed by atoms with Crippen molar-refractivity contribution >= 4 is 35.4 Å². The maximum absolute atomic E-state index is 15.0. The number of nitrogens with zero attached hydrogens (tertiary/aromatic N) is 2. The van der Waals surface area contributed by atoms with E-state index in [1.54, 1.807) is 37.7 Å². The summed E-state index contributed by atoms with van der Waals surface area (Å²) in [7, 11) is 3.37. The second-order valence-corrected chi connectivity index (χ2v) is 22.0. The van der Waals surface area contributed by atoms with E-state index >= 15 is 4.79 Å². The van der Waals surface area contributed by atoms with Crippen molar-refractivity contribution < 1.29 is 33.5 Å². The van der Waals surface area contributed by atoms with Crippen LogP contribution >= 0.6 is 0 Å². The molecule has 3 aromatic rings. The molecule has 378 valence electrons. The van der Waals surface area contributed by atoms with E-state index in [-0.39, 0.29) is 73.5 Å². The fourth-order valence-electron chi connectivity index (χ4n) is 10.4. The summed E-state index contributed by atoms with van der Waals surface area (Å²) in [6.45, 7) is 15.0. The van der Waals surface area contributed by atoms with E-state index in [0.29, 0.717) is 5.75 Å². The van der Waals surface area contributed by atoms with Crippen molar-refractivity contribution in [3.8, 4) is 5.75 Å². The third kappa shape index (κ3) is 11.7. The van der Waals surface area contributed by atoms with Crippen molar-refractivity contribution in [2.24, 2.45) is 10.8 Å². The Labute approximate surface area is 414 Å². The molecule has 2 aliphatic carbocycles. The van der Waals surface area contributed by atoms with Crippen LogP contribution in [0.3, 0.4) is 0 Å². The summed E-state index contributed by atoms with van der Waals surface area (Å²) in [6, 6.07) is 16.8. The van der Waals surface area contributed by atoms with E-state index in [1.165, 1.54) is 11.1 Å². The lowest BCUT2D eigenvalue weighted by Gasteiger charge is -2.42. The maximum Gasteiger partial charge on any atom is 0.246 e. The lowest BCUT2D eigenvalue weighted by atomic mass is 9.83. The molecule has 0 saturated carbocycles. The van der Waals surface area contributed by atoms with Crippen molar-refractivity contribution in [1.29, 1.82) is 0 Å². The molecule has 0 bridgehead atoms. The first kappa shape index (κ1) is 52.0. The molecule has 1 saturated heterocycles. The van der Waals surface area contributed by atoms with Crippen LogP contribution < -0.4 is 36.6 Å². The molecule has 9 atom stereocenters. The summed E-state index contributed by atoms with van der Waals surface area (Å²) in [6.07, 6.45) is 5.13. The van der Waals surface area contributed by atoms with Gasteiger partial charge in [0.2, 0.25) is 35.4 Å². The van der Waals surface area contributed by atoms with Gasteiger partial charge in [-0.25, -0.2) is 0 Å². The summed E-state index contributed by atoms with van der Waals surface area (Å²) in [4.78, 5) is 88.8. The van der Waals surface area contributed by atoms with Crippen LogP contribution in [0.15, 0.2) is 66.7 Å². The minimum atomic E-state index is -0.946. The molecule has 15 heteroatoms. The standard InChI is InChI=1S/C55H76N8O7/c1-32(56-9)48(64)60-46(54(3,4)5)52(68)62-30-37-27-38(26-25-36(37)28-44(62)50(66)58-42-23-15-19-34-17-11-13-21-40(34)42)70-39-29-45(51(67)59-43-24-16-20-35-18-12-14-22-41(35)43)63(31-39)53(69)47(55(6,7)8)61-49(65)33(2)57-10/h11-14,17-18,21-22,25-27,32-33,39,42-47,56-57H,15-16,19-20,23-24,28-31H2,1-10H3,(H,58,66)(H,59,67)(H,60,64)(H,61,65). The number of ether oxygens (including phenoxy) is 1. The number of aryl methyl sites for hydroxylation is 2. The molecule has 15 nitrogen and oxygen atoms in total. The molecular formula is C55H76N8O7. The Bertz CT molecular complexity index is 2430. The molecule has 2 heterocycles. The Morgan fingerprint density at radius 2 is 1.10 bits per heavy atom. The Hall–Kier alpha value is -5.80. The number of likely N-dealkylation sites (tertiary alicyclic amines) is 1. The van der Waals surface area contributed by atoms with Crippen LogP contribution in [0.4, 0.5) is 0 Å². The highest BCUT2D eigenvalue weighted by Crippen LogP contribution is 2.36. The topological polar surface area (TPSA) is 190 Å². The molecule has 6 amide bonds. The number of rotatable bonds is 14. The van der Waals surface area contributed by atoms with Crippen LogP contribution in [0.1, 0.15) is 133 Å². The van der Waals surface area contributed by atoms with Crippen molar-refractivity contribution in [3.05, 3.63) is 100 Å². The monoisotopic (exact) mass is 961 g/mol. The fraction of sp³-hybridized carbons (Fsp3) is 0.564. The summed E-state index contributed by atoms with van der Waals surface area (Å²) in [5.74, 6) is -1.45. The normalized spacial score (nSPS) is 22.7. The second-order valence-electron chi connectivity index (χ2n) is 22.0. The first-order chi connectivity index (χ1) is 33.2. The molecule has 3 aromatic carbocycles. The number of hydrogen-bond acceptors (Lipinski definition) is 9. The third-order valence-corrected chi connectivity index (χ3v) is 14.9. The largest absolute Gasteiger partial charge is 0.488 e. The molecule has 2 aliphatic heterocycles. The quantitative estimate of drug-likeness (QED) is 0.130. The van der Waals surface area contributed by atoms with Crippen molar-refractivity contribution in [2.75, 3.05) is 20.6 Å².